The van der Waals surface area contributed by atoms with Crippen molar-refractivity contribution in [2.24, 2.45) is 0 Å². The van der Waals surface area contributed by atoms with E-state index in [0.29, 0.717) is 0 Å². The molecule has 1 heterocycles. The molecule has 3 heteroatoms. The van der Waals surface area contributed by atoms with Crippen molar-refractivity contribution in [1.29, 1.82) is 0 Å². The lowest BCUT2D eigenvalue weighted by Gasteiger charge is -2.01. The Morgan fingerprint density at radius 1 is 1.36 bits per heavy atom. The maximum atomic E-state index is 4.12. The van der Waals surface area contributed by atoms with E-state index in [1.165, 1.54) is 18.4 Å². The van der Waals surface area contributed by atoms with Crippen LogP contribution in [0.25, 0.3) is 0 Å². The molecule has 0 aromatic carbocycles. The van der Waals surface area contributed by atoms with Crippen molar-refractivity contribution in [2.75, 3.05) is 0 Å². The molecule has 0 radical (unpaired) electrons. The molecule has 0 amide bonds. The molecule has 0 unspecified atom stereocenters. The van der Waals surface area contributed by atoms with Gasteiger partial charge in [0.2, 0.25) is 0 Å². The predicted octanol–water partition coefficient (Wildman–Crippen LogP) is 3.48. The summed E-state index contributed by atoms with van der Waals surface area (Å²) in [6, 6.07) is 2.09. The number of halogens is 2. The van der Waals surface area contributed by atoms with Gasteiger partial charge in [-0.15, -0.1) is 0 Å². The number of aromatic nitrogens is 1. The maximum absolute atomic E-state index is 4.12. The Morgan fingerprint density at radius 3 is 2.73 bits per heavy atom. The molecule has 11 heavy (non-hydrogen) atoms. The highest BCUT2D eigenvalue weighted by atomic mass is 79.9. The SMILES string of the molecule is Brc1nccc(C2CC2)c1Br. The fourth-order valence-corrected chi connectivity index (χ4v) is 2.05. The Labute approximate surface area is 82.5 Å². The van der Waals surface area contributed by atoms with Crippen molar-refractivity contribution in [3.8, 4) is 0 Å². The topological polar surface area (TPSA) is 12.9 Å². The van der Waals surface area contributed by atoms with Crippen molar-refractivity contribution in [3.63, 3.8) is 0 Å². The van der Waals surface area contributed by atoms with Crippen LogP contribution in [0.4, 0.5) is 0 Å². The number of pyridine rings is 1. The molecular formula is C8H7Br2N. The second kappa shape index (κ2) is 2.87. The number of nitrogens with zero attached hydrogens (tertiary/aromatic N) is 1. The second-order valence-corrected chi connectivity index (χ2v) is 4.32. The zero-order valence-electron chi connectivity index (χ0n) is 5.85. The molecule has 58 valence electrons. The number of hydrogen-bond acceptors (Lipinski definition) is 1. The largest absolute Gasteiger partial charge is 0.248 e. The van der Waals surface area contributed by atoms with Gasteiger partial charge >= 0.3 is 0 Å². The Hall–Kier alpha value is 0.110. The molecule has 0 aliphatic heterocycles. The second-order valence-electron chi connectivity index (χ2n) is 2.78. The molecule has 1 aliphatic carbocycles. The van der Waals surface area contributed by atoms with Crippen LogP contribution in [-0.2, 0) is 0 Å². The van der Waals surface area contributed by atoms with Crippen molar-refractivity contribution in [3.05, 3.63) is 26.9 Å². The summed E-state index contributed by atoms with van der Waals surface area (Å²) in [4.78, 5) is 4.12. The van der Waals surface area contributed by atoms with E-state index in [-0.39, 0.29) is 0 Å². The van der Waals surface area contributed by atoms with Crippen molar-refractivity contribution < 1.29 is 0 Å². The molecule has 0 atom stereocenters. The van der Waals surface area contributed by atoms with Crippen molar-refractivity contribution in [2.45, 2.75) is 18.8 Å². The van der Waals surface area contributed by atoms with Crippen molar-refractivity contribution >= 4 is 31.9 Å². The van der Waals surface area contributed by atoms with Crippen LogP contribution in [0.1, 0.15) is 24.3 Å². The lowest BCUT2D eigenvalue weighted by atomic mass is 10.2. The average Bonchev–Trinajstić information content (AvgIpc) is 2.77. The van der Waals surface area contributed by atoms with Gasteiger partial charge in [-0.1, -0.05) is 0 Å². The minimum Gasteiger partial charge on any atom is -0.248 e. The van der Waals surface area contributed by atoms with E-state index in [9.17, 15) is 0 Å². The standard InChI is InChI=1S/C8H7Br2N/c9-7-6(5-1-2-5)3-4-11-8(7)10/h3-5H,1-2H2. The molecule has 1 aliphatic rings. The Bertz CT molecular complexity index is 281. The molecule has 0 bridgehead atoms. The summed E-state index contributed by atoms with van der Waals surface area (Å²) in [5.41, 5.74) is 1.40. The Morgan fingerprint density at radius 2 is 2.09 bits per heavy atom. The first-order chi connectivity index (χ1) is 5.29. The zero-order chi connectivity index (χ0) is 7.84. The van der Waals surface area contributed by atoms with E-state index in [1.807, 2.05) is 6.20 Å². The first-order valence-electron chi connectivity index (χ1n) is 3.59. The fourth-order valence-electron chi connectivity index (χ4n) is 1.14. The van der Waals surface area contributed by atoms with Gasteiger partial charge < -0.3 is 0 Å². The molecule has 0 spiro atoms. The van der Waals surface area contributed by atoms with Gasteiger partial charge in [0.05, 0.1) is 4.47 Å². The molecule has 1 aromatic rings. The number of rotatable bonds is 1. The smallest absolute Gasteiger partial charge is 0.120 e. The summed E-state index contributed by atoms with van der Waals surface area (Å²) < 4.78 is 2.05. The van der Waals surface area contributed by atoms with Gasteiger partial charge in [-0.3, -0.25) is 0 Å². The highest BCUT2D eigenvalue weighted by molar-refractivity contribution is 9.13. The summed E-state index contributed by atoms with van der Waals surface area (Å²) >= 11 is 6.90. The minimum atomic E-state index is 0.781. The summed E-state index contributed by atoms with van der Waals surface area (Å²) in [5, 5.41) is 0. The summed E-state index contributed by atoms with van der Waals surface area (Å²) in [7, 11) is 0. The van der Waals surface area contributed by atoms with Crippen LogP contribution in [0, 0.1) is 0 Å². The van der Waals surface area contributed by atoms with Crippen molar-refractivity contribution in [1.82, 2.24) is 4.98 Å². The lowest BCUT2D eigenvalue weighted by molar-refractivity contribution is 1.08. The lowest BCUT2D eigenvalue weighted by Crippen LogP contribution is -1.85. The van der Waals surface area contributed by atoms with Gasteiger partial charge in [0.15, 0.2) is 0 Å². The van der Waals surface area contributed by atoms with E-state index in [1.54, 1.807) is 0 Å². The molecule has 1 saturated carbocycles. The molecule has 2 rings (SSSR count). The Kier molecular flexibility index (Phi) is 2.02. The fraction of sp³-hybridized carbons (Fsp3) is 0.375. The van der Waals surface area contributed by atoms with Crippen LogP contribution in [0.15, 0.2) is 21.3 Å². The highest BCUT2D eigenvalue weighted by Crippen LogP contribution is 2.44. The molecule has 1 nitrogen and oxygen atoms in total. The van der Waals surface area contributed by atoms with Crippen LogP contribution in [0.2, 0.25) is 0 Å². The molecular weight excluding hydrogens is 270 g/mol. The van der Waals surface area contributed by atoms with Gasteiger partial charge in [0.25, 0.3) is 0 Å². The zero-order valence-corrected chi connectivity index (χ0v) is 9.02. The van der Waals surface area contributed by atoms with Crippen LogP contribution in [0.3, 0.4) is 0 Å². The van der Waals surface area contributed by atoms with Gasteiger partial charge in [-0.05, 0) is 62.2 Å². The van der Waals surface area contributed by atoms with E-state index < -0.39 is 0 Å². The van der Waals surface area contributed by atoms with Crippen LogP contribution in [-0.4, -0.2) is 4.98 Å². The molecule has 0 N–H and O–H groups in total. The first-order valence-corrected chi connectivity index (χ1v) is 5.17. The molecule has 1 aromatic heterocycles. The monoisotopic (exact) mass is 275 g/mol. The Balaban J connectivity index is 2.45. The van der Waals surface area contributed by atoms with Crippen LogP contribution >= 0.6 is 31.9 Å². The quantitative estimate of drug-likeness (QED) is 0.716. The predicted molar refractivity (Wildman–Crippen MR) is 51.6 cm³/mol. The summed E-state index contributed by atoms with van der Waals surface area (Å²) in [5.74, 6) is 0.781. The third-order valence-electron chi connectivity index (χ3n) is 1.89. The van der Waals surface area contributed by atoms with E-state index in [4.69, 9.17) is 0 Å². The van der Waals surface area contributed by atoms with Gasteiger partial charge in [0, 0.05) is 6.20 Å². The summed E-state index contributed by atoms with van der Waals surface area (Å²) in [6.07, 6.45) is 4.51. The van der Waals surface area contributed by atoms with Gasteiger partial charge in [0.1, 0.15) is 4.60 Å². The highest BCUT2D eigenvalue weighted by Gasteiger charge is 2.26. The third kappa shape index (κ3) is 1.49. The molecule has 0 saturated heterocycles. The van der Waals surface area contributed by atoms with Gasteiger partial charge in [-0.25, -0.2) is 4.98 Å². The molecule has 1 fully saturated rings. The van der Waals surface area contributed by atoms with Gasteiger partial charge in [-0.2, -0.15) is 0 Å². The van der Waals surface area contributed by atoms with E-state index >= 15 is 0 Å². The number of hydrogen-bond donors (Lipinski definition) is 0. The summed E-state index contributed by atoms with van der Waals surface area (Å²) in [6.45, 7) is 0. The minimum absolute atomic E-state index is 0.781. The maximum Gasteiger partial charge on any atom is 0.120 e. The normalized spacial score (nSPS) is 16.9. The third-order valence-corrected chi connectivity index (χ3v) is 3.86. The van der Waals surface area contributed by atoms with E-state index in [0.717, 1.165) is 15.0 Å². The van der Waals surface area contributed by atoms with Crippen LogP contribution < -0.4 is 0 Å². The first kappa shape index (κ1) is 7.74. The van der Waals surface area contributed by atoms with E-state index in [2.05, 4.69) is 42.9 Å². The van der Waals surface area contributed by atoms with Crippen LogP contribution in [0.5, 0.6) is 0 Å². The average molecular weight is 277 g/mol.